The van der Waals surface area contributed by atoms with Gasteiger partial charge in [-0.2, -0.15) is 0 Å². The second-order valence-electron chi connectivity index (χ2n) is 5.12. The molecule has 2 N–H and O–H groups in total. The summed E-state index contributed by atoms with van der Waals surface area (Å²) in [5, 5.41) is 5.76. The SMILES string of the molecule is O=C1CN(C(=O)N[C@@H]2CCc3c(Br)cccc32)CCN1. The first kappa shape index (κ1) is 13.4. The molecule has 106 valence electrons. The number of carbonyl (C=O) groups excluding carboxylic acids is 2. The van der Waals surface area contributed by atoms with Crippen LogP contribution in [0.3, 0.4) is 0 Å². The molecular weight excluding hydrogens is 322 g/mol. The fraction of sp³-hybridized carbons (Fsp3) is 0.429. The lowest BCUT2D eigenvalue weighted by atomic mass is 10.1. The van der Waals surface area contributed by atoms with Crippen LogP contribution in [0.5, 0.6) is 0 Å². The number of rotatable bonds is 1. The molecule has 1 aliphatic heterocycles. The van der Waals surface area contributed by atoms with E-state index in [9.17, 15) is 9.59 Å². The second-order valence-corrected chi connectivity index (χ2v) is 5.97. The van der Waals surface area contributed by atoms with Crippen molar-refractivity contribution >= 4 is 27.9 Å². The molecule has 1 atom stereocenters. The summed E-state index contributed by atoms with van der Waals surface area (Å²) in [6.45, 7) is 1.23. The van der Waals surface area contributed by atoms with Gasteiger partial charge in [-0.25, -0.2) is 4.79 Å². The maximum absolute atomic E-state index is 12.2. The van der Waals surface area contributed by atoms with E-state index in [4.69, 9.17) is 0 Å². The number of piperazine rings is 1. The second kappa shape index (κ2) is 5.44. The molecule has 3 amide bonds. The molecule has 1 aliphatic carbocycles. The quantitative estimate of drug-likeness (QED) is 0.817. The van der Waals surface area contributed by atoms with Crippen molar-refractivity contribution in [1.29, 1.82) is 0 Å². The Bertz CT molecular complexity index is 561. The highest BCUT2D eigenvalue weighted by molar-refractivity contribution is 9.10. The van der Waals surface area contributed by atoms with Crippen LogP contribution in [0.2, 0.25) is 0 Å². The molecule has 2 aliphatic rings. The van der Waals surface area contributed by atoms with Gasteiger partial charge in [0.25, 0.3) is 0 Å². The van der Waals surface area contributed by atoms with Crippen LogP contribution in [0, 0.1) is 0 Å². The predicted molar refractivity (Wildman–Crippen MR) is 78.3 cm³/mol. The Hall–Kier alpha value is -1.56. The van der Waals surface area contributed by atoms with Gasteiger partial charge in [-0.05, 0) is 30.0 Å². The maximum Gasteiger partial charge on any atom is 0.318 e. The smallest absolute Gasteiger partial charge is 0.318 e. The van der Waals surface area contributed by atoms with Crippen molar-refractivity contribution in [3.8, 4) is 0 Å². The van der Waals surface area contributed by atoms with Crippen molar-refractivity contribution in [2.24, 2.45) is 0 Å². The fourth-order valence-corrected chi connectivity index (χ4v) is 3.39. The van der Waals surface area contributed by atoms with Crippen molar-refractivity contribution in [1.82, 2.24) is 15.5 Å². The van der Waals surface area contributed by atoms with Crippen molar-refractivity contribution in [3.05, 3.63) is 33.8 Å². The van der Waals surface area contributed by atoms with Gasteiger partial charge in [0, 0.05) is 17.6 Å². The summed E-state index contributed by atoms with van der Waals surface area (Å²) in [6.07, 6.45) is 1.87. The van der Waals surface area contributed by atoms with E-state index < -0.39 is 0 Å². The van der Waals surface area contributed by atoms with Gasteiger partial charge in [-0.1, -0.05) is 28.1 Å². The number of fused-ring (bicyclic) bond motifs is 1. The van der Waals surface area contributed by atoms with Crippen LogP contribution < -0.4 is 10.6 Å². The Labute approximate surface area is 125 Å². The van der Waals surface area contributed by atoms with E-state index in [1.165, 1.54) is 11.1 Å². The molecule has 6 heteroatoms. The number of halogens is 1. The standard InChI is InChI=1S/C14H16BrN3O2/c15-11-3-1-2-10-9(11)4-5-12(10)17-14(20)18-7-6-16-13(19)8-18/h1-3,12H,4-8H2,(H,16,19)(H,17,20)/t12-/m1/s1. The number of urea groups is 1. The highest BCUT2D eigenvalue weighted by atomic mass is 79.9. The molecule has 1 fully saturated rings. The van der Waals surface area contributed by atoms with Crippen LogP contribution in [0.15, 0.2) is 22.7 Å². The average molecular weight is 338 g/mol. The van der Waals surface area contributed by atoms with Crippen molar-refractivity contribution in [3.63, 3.8) is 0 Å². The molecule has 20 heavy (non-hydrogen) atoms. The molecule has 0 unspecified atom stereocenters. The van der Waals surface area contributed by atoms with E-state index in [0.29, 0.717) is 13.1 Å². The molecule has 1 aromatic carbocycles. The van der Waals surface area contributed by atoms with Gasteiger partial charge in [0.2, 0.25) is 5.91 Å². The minimum Gasteiger partial charge on any atom is -0.353 e. The highest BCUT2D eigenvalue weighted by Crippen LogP contribution is 2.35. The molecular formula is C14H16BrN3O2. The number of amides is 3. The van der Waals surface area contributed by atoms with E-state index in [0.717, 1.165) is 17.3 Å². The van der Waals surface area contributed by atoms with Gasteiger partial charge in [-0.3, -0.25) is 4.79 Å². The highest BCUT2D eigenvalue weighted by Gasteiger charge is 2.28. The van der Waals surface area contributed by atoms with Crippen LogP contribution in [-0.4, -0.2) is 36.5 Å². The lowest BCUT2D eigenvalue weighted by molar-refractivity contribution is -0.123. The molecule has 0 radical (unpaired) electrons. The first-order valence-electron chi connectivity index (χ1n) is 6.74. The summed E-state index contributed by atoms with van der Waals surface area (Å²) >= 11 is 3.55. The third-order valence-corrected chi connectivity index (χ3v) is 4.58. The maximum atomic E-state index is 12.2. The van der Waals surface area contributed by atoms with Gasteiger partial charge in [-0.15, -0.1) is 0 Å². The average Bonchev–Trinajstić information content (AvgIpc) is 2.83. The minimum atomic E-state index is -0.155. The first-order chi connectivity index (χ1) is 9.65. The van der Waals surface area contributed by atoms with E-state index in [2.05, 4.69) is 32.6 Å². The first-order valence-corrected chi connectivity index (χ1v) is 7.54. The van der Waals surface area contributed by atoms with Gasteiger partial charge < -0.3 is 15.5 Å². The molecule has 5 nitrogen and oxygen atoms in total. The van der Waals surface area contributed by atoms with Gasteiger partial charge in [0.05, 0.1) is 6.04 Å². The fourth-order valence-electron chi connectivity index (χ4n) is 2.81. The Kier molecular flexibility index (Phi) is 3.65. The van der Waals surface area contributed by atoms with E-state index >= 15 is 0 Å². The Morgan fingerprint density at radius 3 is 3.10 bits per heavy atom. The molecule has 3 rings (SSSR count). The Morgan fingerprint density at radius 2 is 2.30 bits per heavy atom. The molecule has 0 spiro atoms. The summed E-state index contributed by atoms with van der Waals surface area (Å²) in [5.41, 5.74) is 2.45. The molecule has 1 heterocycles. The number of nitrogens with one attached hydrogen (secondary N) is 2. The number of carbonyl (C=O) groups is 2. The van der Waals surface area contributed by atoms with Gasteiger partial charge in [0.1, 0.15) is 6.54 Å². The number of hydrogen-bond donors (Lipinski definition) is 2. The largest absolute Gasteiger partial charge is 0.353 e. The predicted octanol–water partition coefficient (Wildman–Crippen LogP) is 1.58. The van der Waals surface area contributed by atoms with Crippen LogP contribution in [0.25, 0.3) is 0 Å². The summed E-state index contributed by atoms with van der Waals surface area (Å²) in [5.74, 6) is -0.0963. The zero-order valence-electron chi connectivity index (χ0n) is 11.0. The van der Waals surface area contributed by atoms with E-state index in [-0.39, 0.29) is 24.5 Å². The number of hydrogen-bond acceptors (Lipinski definition) is 2. The van der Waals surface area contributed by atoms with Crippen molar-refractivity contribution < 1.29 is 9.59 Å². The third-order valence-electron chi connectivity index (χ3n) is 3.84. The molecule has 0 saturated carbocycles. The summed E-state index contributed by atoms with van der Waals surface area (Å²) in [7, 11) is 0. The van der Waals surface area contributed by atoms with Crippen LogP contribution >= 0.6 is 15.9 Å². The summed E-state index contributed by atoms with van der Waals surface area (Å²) in [6, 6.07) is 5.96. The van der Waals surface area contributed by atoms with E-state index in [1.54, 1.807) is 4.90 Å². The monoisotopic (exact) mass is 337 g/mol. The van der Waals surface area contributed by atoms with Crippen LogP contribution in [0.4, 0.5) is 4.79 Å². The zero-order valence-corrected chi connectivity index (χ0v) is 12.6. The van der Waals surface area contributed by atoms with Crippen LogP contribution in [-0.2, 0) is 11.2 Å². The van der Waals surface area contributed by atoms with Crippen LogP contribution in [0.1, 0.15) is 23.6 Å². The summed E-state index contributed by atoms with van der Waals surface area (Å²) in [4.78, 5) is 25.1. The molecule has 1 aromatic rings. The Morgan fingerprint density at radius 1 is 1.45 bits per heavy atom. The zero-order chi connectivity index (χ0) is 14.1. The lowest BCUT2D eigenvalue weighted by Gasteiger charge is -2.28. The minimum absolute atomic E-state index is 0.0417. The van der Waals surface area contributed by atoms with Gasteiger partial charge >= 0.3 is 6.03 Å². The van der Waals surface area contributed by atoms with Crippen molar-refractivity contribution in [2.75, 3.05) is 19.6 Å². The lowest BCUT2D eigenvalue weighted by Crippen LogP contribution is -2.53. The topological polar surface area (TPSA) is 61.4 Å². The van der Waals surface area contributed by atoms with E-state index in [1.807, 2.05) is 12.1 Å². The summed E-state index contributed by atoms with van der Waals surface area (Å²) < 4.78 is 1.10. The molecule has 0 bridgehead atoms. The van der Waals surface area contributed by atoms with Gasteiger partial charge in [0.15, 0.2) is 0 Å². The number of benzene rings is 1. The molecule has 1 saturated heterocycles. The Balaban J connectivity index is 1.69. The molecule has 0 aromatic heterocycles. The van der Waals surface area contributed by atoms with Crippen molar-refractivity contribution in [2.45, 2.75) is 18.9 Å². The normalized spacial score (nSPS) is 21.4. The third kappa shape index (κ3) is 2.52. The number of nitrogens with zero attached hydrogens (tertiary/aromatic N) is 1.